The number of hydrogen-bond acceptors (Lipinski definition) is 3. The van der Waals surface area contributed by atoms with Gasteiger partial charge in [0.05, 0.1) is 12.6 Å². The highest BCUT2D eigenvalue weighted by Gasteiger charge is 2.32. The molecule has 1 aromatic rings. The highest BCUT2D eigenvalue weighted by Crippen LogP contribution is 2.34. The van der Waals surface area contributed by atoms with Gasteiger partial charge in [-0.2, -0.15) is 0 Å². The van der Waals surface area contributed by atoms with Gasteiger partial charge in [0.25, 0.3) is 0 Å². The summed E-state index contributed by atoms with van der Waals surface area (Å²) in [6, 6.07) is 1.90. The number of hydrogen-bond donors (Lipinski definition) is 1. The van der Waals surface area contributed by atoms with Crippen LogP contribution < -0.4 is 0 Å². The minimum atomic E-state index is -0.801. The van der Waals surface area contributed by atoms with Crippen molar-refractivity contribution in [1.29, 1.82) is 0 Å². The lowest BCUT2D eigenvalue weighted by molar-refractivity contribution is -0.137. The summed E-state index contributed by atoms with van der Waals surface area (Å²) in [5.41, 5.74) is 0.798. The van der Waals surface area contributed by atoms with E-state index in [1.165, 1.54) is 12.3 Å². The van der Waals surface area contributed by atoms with E-state index >= 15 is 0 Å². The third-order valence-electron chi connectivity index (χ3n) is 3.31. The number of carboxylic acids is 1. The molecule has 5 heteroatoms. The fourth-order valence-corrected chi connectivity index (χ4v) is 2.17. The lowest BCUT2D eigenvalue weighted by Gasteiger charge is -2.28. The van der Waals surface area contributed by atoms with Crippen LogP contribution >= 0.6 is 0 Å². The molecule has 2 rings (SSSR count). The smallest absolute Gasteiger partial charge is 0.304 e. The molecule has 0 bridgehead atoms. The highest BCUT2D eigenvalue weighted by molar-refractivity contribution is 5.66. The number of halogens is 1. The van der Waals surface area contributed by atoms with Gasteiger partial charge >= 0.3 is 5.97 Å². The van der Waals surface area contributed by atoms with Crippen LogP contribution in [0.4, 0.5) is 4.39 Å². The molecule has 1 fully saturated rings. The molecule has 4 nitrogen and oxygen atoms in total. The summed E-state index contributed by atoms with van der Waals surface area (Å²) in [6.07, 6.45) is 5.11. The summed E-state index contributed by atoms with van der Waals surface area (Å²) < 4.78 is 13.1. The van der Waals surface area contributed by atoms with Gasteiger partial charge in [0, 0.05) is 24.8 Å². The number of nitrogens with zero attached hydrogens (tertiary/aromatic N) is 2. The topological polar surface area (TPSA) is 53.4 Å². The first kappa shape index (κ1) is 13.0. The number of carboxylic acid groups (broad SMARTS) is 1. The standard InChI is InChI=1S/C13H17FN2O2/c1-9(10-6-11(14)8-15-7-10)16(12-2-3-12)5-4-13(17)18/h6-9,12H,2-5H2,1H3,(H,17,18). The number of pyridine rings is 1. The van der Waals surface area contributed by atoms with Crippen LogP contribution in [0.1, 0.15) is 37.8 Å². The molecule has 0 aromatic carbocycles. The molecular weight excluding hydrogens is 235 g/mol. The summed E-state index contributed by atoms with van der Waals surface area (Å²) in [5.74, 6) is -1.15. The Morgan fingerprint density at radius 2 is 2.33 bits per heavy atom. The Kier molecular flexibility index (Phi) is 3.91. The van der Waals surface area contributed by atoms with E-state index in [1.807, 2.05) is 6.92 Å². The van der Waals surface area contributed by atoms with Gasteiger partial charge in [-0.1, -0.05) is 0 Å². The van der Waals surface area contributed by atoms with Crippen LogP contribution in [0.3, 0.4) is 0 Å². The predicted octanol–water partition coefficient (Wildman–Crippen LogP) is 2.22. The highest BCUT2D eigenvalue weighted by atomic mass is 19.1. The third kappa shape index (κ3) is 3.26. The van der Waals surface area contributed by atoms with Crippen molar-refractivity contribution in [3.8, 4) is 0 Å². The van der Waals surface area contributed by atoms with Crippen LogP contribution in [0.5, 0.6) is 0 Å². The number of carbonyl (C=O) groups is 1. The van der Waals surface area contributed by atoms with Gasteiger partial charge in [-0.15, -0.1) is 0 Å². The Bertz CT molecular complexity index is 435. The van der Waals surface area contributed by atoms with Gasteiger partial charge in [-0.05, 0) is 31.4 Å². The molecule has 0 saturated heterocycles. The molecule has 0 spiro atoms. The zero-order valence-electron chi connectivity index (χ0n) is 10.3. The van der Waals surface area contributed by atoms with Crippen LogP contribution in [-0.2, 0) is 4.79 Å². The van der Waals surface area contributed by atoms with Crippen LogP contribution in [0, 0.1) is 5.82 Å². The lowest BCUT2D eigenvalue weighted by Crippen LogP contribution is -2.31. The van der Waals surface area contributed by atoms with Crippen molar-refractivity contribution in [3.63, 3.8) is 0 Å². The second kappa shape index (κ2) is 5.44. The Balaban J connectivity index is 2.07. The van der Waals surface area contributed by atoms with Crippen molar-refractivity contribution in [1.82, 2.24) is 9.88 Å². The molecule has 0 amide bonds. The average Bonchev–Trinajstić information content (AvgIpc) is 3.13. The quantitative estimate of drug-likeness (QED) is 0.843. The van der Waals surface area contributed by atoms with Gasteiger partial charge in [0.2, 0.25) is 0 Å². The monoisotopic (exact) mass is 252 g/mol. The van der Waals surface area contributed by atoms with Crippen molar-refractivity contribution >= 4 is 5.97 Å². The van der Waals surface area contributed by atoms with E-state index in [-0.39, 0.29) is 18.3 Å². The van der Waals surface area contributed by atoms with Gasteiger partial charge in [0.15, 0.2) is 0 Å². The van der Waals surface area contributed by atoms with E-state index in [4.69, 9.17) is 5.11 Å². The Morgan fingerprint density at radius 3 is 2.89 bits per heavy atom. The molecular formula is C13H17FN2O2. The fraction of sp³-hybridized carbons (Fsp3) is 0.538. The Labute approximate surface area is 105 Å². The van der Waals surface area contributed by atoms with Gasteiger partial charge in [-0.3, -0.25) is 14.7 Å². The second-order valence-corrected chi connectivity index (χ2v) is 4.73. The Hall–Kier alpha value is -1.49. The van der Waals surface area contributed by atoms with Crippen molar-refractivity contribution in [2.45, 2.75) is 38.3 Å². The lowest BCUT2D eigenvalue weighted by atomic mass is 10.1. The van der Waals surface area contributed by atoms with E-state index in [0.29, 0.717) is 12.6 Å². The average molecular weight is 252 g/mol. The molecule has 1 atom stereocenters. The van der Waals surface area contributed by atoms with Crippen molar-refractivity contribution in [2.24, 2.45) is 0 Å². The molecule has 0 radical (unpaired) electrons. The molecule has 1 heterocycles. The second-order valence-electron chi connectivity index (χ2n) is 4.73. The maximum atomic E-state index is 13.1. The zero-order valence-corrected chi connectivity index (χ0v) is 10.3. The molecule has 1 aromatic heterocycles. The molecule has 1 N–H and O–H groups in total. The minimum Gasteiger partial charge on any atom is -0.481 e. The van der Waals surface area contributed by atoms with Crippen LogP contribution in [-0.4, -0.2) is 33.5 Å². The summed E-state index contributed by atoms with van der Waals surface area (Å²) in [4.78, 5) is 16.6. The maximum absolute atomic E-state index is 13.1. The molecule has 1 saturated carbocycles. The van der Waals surface area contributed by atoms with Crippen LogP contribution in [0.2, 0.25) is 0 Å². The number of aliphatic carboxylic acids is 1. The van der Waals surface area contributed by atoms with Gasteiger partial charge < -0.3 is 5.11 Å². The zero-order chi connectivity index (χ0) is 13.1. The fourth-order valence-electron chi connectivity index (χ4n) is 2.17. The van der Waals surface area contributed by atoms with Crippen molar-refractivity contribution in [2.75, 3.05) is 6.54 Å². The molecule has 1 aliphatic rings. The molecule has 0 aliphatic heterocycles. The van der Waals surface area contributed by atoms with Crippen LogP contribution in [0.15, 0.2) is 18.5 Å². The maximum Gasteiger partial charge on any atom is 0.304 e. The Morgan fingerprint density at radius 1 is 1.61 bits per heavy atom. The number of rotatable bonds is 6. The largest absolute Gasteiger partial charge is 0.481 e. The van der Waals surface area contributed by atoms with E-state index in [9.17, 15) is 9.18 Å². The minimum absolute atomic E-state index is 0.0000463. The first-order chi connectivity index (χ1) is 8.58. The van der Waals surface area contributed by atoms with E-state index in [2.05, 4.69) is 9.88 Å². The van der Waals surface area contributed by atoms with Crippen molar-refractivity contribution in [3.05, 3.63) is 29.8 Å². The first-order valence-electron chi connectivity index (χ1n) is 6.16. The summed E-state index contributed by atoms with van der Waals surface area (Å²) >= 11 is 0. The molecule has 1 aliphatic carbocycles. The summed E-state index contributed by atoms with van der Waals surface area (Å²) in [5, 5.41) is 8.76. The van der Waals surface area contributed by atoms with Crippen LogP contribution in [0.25, 0.3) is 0 Å². The van der Waals surface area contributed by atoms with E-state index < -0.39 is 5.97 Å². The van der Waals surface area contributed by atoms with E-state index in [1.54, 1.807) is 6.20 Å². The molecule has 18 heavy (non-hydrogen) atoms. The predicted molar refractivity (Wildman–Crippen MR) is 64.6 cm³/mol. The molecule has 98 valence electrons. The van der Waals surface area contributed by atoms with E-state index in [0.717, 1.165) is 18.4 Å². The summed E-state index contributed by atoms with van der Waals surface area (Å²) in [6.45, 7) is 2.47. The number of aromatic nitrogens is 1. The SMILES string of the molecule is CC(c1cncc(F)c1)N(CCC(=O)O)C1CC1. The van der Waals surface area contributed by atoms with Gasteiger partial charge in [0.1, 0.15) is 5.82 Å². The third-order valence-corrected chi connectivity index (χ3v) is 3.31. The molecule has 1 unspecified atom stereocenters. The first-order valence-corrected chi connectivity index (χ1v) is 6.16. The van der Waals surface area contributed by atoms with Crippen molar-refractivity contribution < 1.29 is 14.3 Å². The normalized spacial score (nSPS) is 16.8. The van der Waals surface area contributed by atoms with Gasteiger partial charge in [-0.25, -0.2) is 4.39 Å². The summed E-state index contributed by atoms with van der Waals surface area (Å²) in [7, 11) is 0.